The van der Waals surface area contributed by atoms with Crippen molar-refractivity contribution in [1.29, 1.82) is 0 Å². The van der Waals surface area contributed by atoms with Crippen molar-refractivity contribution in [2.45, 2.75) is 6.92 Å². The van der Waals surface area contributed by atoms with Crippen molar-refractivity contribution in [1.82, 2.24) is 5.32 Å². The Morgan fingerprint density at radius 3 is 2.20 bits per heavy atom. The molecule has 0 fully saturated rings. The van der Waals surface area contributed by atoms with E-state index in [0.29, 0.717) is 15.9 Å². The second-order valence-corrected chi connectivity index (χ2v) is 8.59. The van der Waals surface area contributed by atoms with E-state index in [0.717, 1.165) is 0 Å². The Labute approximate surface area is 161 Å². The van der Waals surface area contributed by atoms with Crippen molar-refractivity contribution in [3.05, 3.63) is 75.1 Å². The lowest BCUT2D eigenvalue weighted by molar-refractivity contribution is 0.0967. The molecule has 0 spiro atoms. The molecule has 0 aromatic heterocycles. The van der Waals surface area contributed by atoms with Crippen molar-refractivity contribution in [2.75, 3.05) is 6.61 Å². The zero-order valence-corrected chi connectivity index (χ0v) is 16.4. The van der Waals surface area contributed by atoms with E-state index in [2.05, 4.69) is 5.32 Å². The SMILES string of the molecule is CCO[P@@](=O)(C(NC(=O)c1ccc(Cl)cc1)=C(Cl)Cl)c1ccccc1. The van der Waals surface area contributed by atoms with Crippen molar-refractivity contribution in [3.63, 3.8) is 0 Å². The molecule has 1 atom stereocenters. The maximum atomic E-state index is 13.5. The Morgan fingerprint density at radius 2 is 1.68 bits per heavy atom. The minimum Gasteiger partial charge on any atom is -0.321 e. The van der Waals surface area contributed by atoms with E-state index in [-0.39, 0.29) is 16.5 Å². The van der Waals surface area contributed by atoms with Gasteiger partial charge in [-0.15, -0.1) is 0 Å². The third-order valence-electron chi connectivity index (χ3n) is 3.22. The molecule has 25 heavy (non-hydrogen) atoms. The normalized spacial score (nSPS) is 13.0. The van der Waals surface area contributed by atoms with Gasteiger partial charge in [0, 0.05) is 15.9 Å². The molecule has 0 aliphatic carbocycles. The number of amides is 1. The minimum absolute atomic E-state index is 0.146. The maximum Gasteiger partial charge on any atom is 0.279 e. The molecule has 4 nitrogen and oxygen atoms in total. The van der Waals surface area contributed by atoms with Gasteiger partial charge in [0.15, 0.2) is 0 Å². The predicted octanol–water partition coefficient (Wildman–Crippen LogP) is 5.31. The number of rotatable bonds is 6. The second-order valence-electron chi connectivity index (χ2n) is 4.87. The number of hydrogen-bond acceptors (Lipinski definition) is 3. The fourth-order valence-corrected chi connectivity index (χ4v) is 4.91. The van der Waals surface area contributed by atoms with Crippen LogP contribution in [0.3, 0.4) is 0 Å². The van der Waals surface area contributed by atoms with Crippen molar-refractivity contribution in [3.8, 4) is 0 Å². The first-order valence-electron chi connectivity index (χ1n) is 7.31. The van der Waals surface area contributed by atoms with Gasteiger partial charge in [-0.2, -0.15) is 0 Å². The van der Waals surface area contributed by atoms with Crippen LogP contribution in [0.15, 0.2) is 64.5 Å². The Bertz CT molecular complexity index is 819. The van der Waals surface area contributed by atoms with Crippen molar-refractivity contribution in [2.24, 2.45) is 0 Å². The van der Waals surface area contributed by atoms with Gasteiger partial charge >= 0.3 is 0 Å². The average Bonchev–Trinajstić information content (AvgIpc) is 2.60. The molecule has 0 unspecified atom stereocenters. The van der Waals surface area contributed by atoms with Crippen LogP contribution in [0.5, 0.6) is 0 Å². The minimum atomic E-state index is -3.66. The molecule has 1 amide bonds. The summed E-state index contributed by atoms with van der Waals surface area (Å²) in [4.78, 5) is 12.5. The number of carbonyl (C=O) groups excluding carboxylic acids is 1. The summed E-state index contributed by atoms with van der Waals surface area (Å²) in [5.41, 5.74) is 0.149. The topological polar surface area (TPSA) is 55.4 Å². The van der Waals surface area contributed by atoms with Crippen LogP contribution in [0.25, 0.3) is 0 Å². The Kier molecular flexibility index (Phi) is 7.12. The summed E-state index contributed by atoms with van der Waals surface area (Å²) in [5.74, 6) is -0.527. The Hall–Kier alpha value is -1.29. The quantitative estimate of drug-likeness (QED) is 0.647. The van der Waals surface area contributed by atoms with Crippen LogP contribution in [0.1, 0.15) is 17.3 Å². The molecule has 2 aromatic rings. The van der Waals surface area contributed by atoms with E-state index >= 15 is 0 Å². The lowest BCUT2D eigenvalue weighted by Gasteiger charge is -2.22. The number of halogens is 3. The summed E-state index contributed by atoms with van der Waals surface area (Å²) in [6.07, 6.45) is 0. The van der Waals surface area contributed by atoms with E-state index in [1.54, 1.807) is 49.4 Å². The largest absolute Gasteiger partial charge is 0.321 e. The van der Waals surface area contributed by atoms with Gasteiger partial charge < -0.3 is 9.84 Å². The summed E-state index contributed by atoms with van der Waals surface area (Å²) in [5, 5.41) is 3.39. The zero-order valence-electron chi connectivity index (χ0n) is 13.2. The first kappa shape index (κ1) is 20.0. The summed E-state index contributed by atoms with van der Waals surface area (Å²) in [6, 6.07) is 14.7. The lowest BCUT2D eigenvalue weighted by atomic mass is 10.2. The van der Waals surface area contributed by atoms with Crippen LogP contribution in [0.2, 0.25) is 5.02 Å². The van der Waals surface area contributed by atoms with E-state index in [1.165, 1.54) is 12.1 Å². The van der Waals surface area contributed by atoms with Gasteiger partial charge in [-0.3, -0.25) is 9.36 Å². The first-order valence-corrected chi connectivity index (χ1v) is 10.1. The standard InChI is InChI=1S/C17H15Cl3NO3P/c1-2-24-25(23,14-6-4-3-5-7-14)17(15(19)20)21-16(22)12-8-10-13(18)11-9-12/h3-11H,2H2,1H3,(H,21,22)/t25-/m1/s1. The molecule has 0 heterocycles. The third-order valence-corrected chi connectivity index (χ3v) is 6.64. The molecule has 0 saturated heterocycles. The summed E-state index contributed by atoms with van der Waals surface area (Å²) in [6.45, 7) is 1.84. The Balaban J connectivity index is 2.42. The van der Waals surface area contributed by atoms with Gasteiger partial charge in [-0.05, 0) is 43.3 Å². The second kappa shape index (κ2) is 8.88. The lowest BCUT2D eigenvalue weighted by Crippen LogP contribution is -2.26. The molecule has 0 radical (unpaired) electrons. The van der Waals surface area contributed by atoms with E-state index in [4.69, 9.17) is 39.3 Å². The molecule has 132 valence electrons. The van der Waals surface area contributed by atoms with E-state index < -0.39 is 13.3 Å². The summed E-state index contributed by atoms with van der Waals surface area (Å²) < 4.78 is 18.6. The molecule has 0 saturated carbocycles. The van der Waals surface area contributed by atoms with Crippen molar-refractivity contribution >= 4 is 53.4 Å². The highest BCUT2D eigenvalue weighted by Crippen LogP contribution is 2.54. The first-order chi connectivity index (χ1) is 11.9. The number of benzene rings is 2. The van der Waals surface area contributed by atoms with Crippen LogP contribution in [-0.2, 0) is 9.09 Å². The molecule has 1 N–H and O–H groups in total. The van der Waals surface area contributed by atoms with Gasteiger partial charge in [-0.1, -0.05) is 53.0 Å². The van der Waals surface area contributed by atoms with Crippen molar-refractivity contribution < 1.29 is 13.9 Å². The predicted molar refractivity (Wildman–Crippen MR) is 103 cm³/mol. The van der Waals surface area contributed by atoms with Crippen LogP contribution >= 0.6 is 42.2 Å². The van der Waals surface area contributed by atoms with Gasteiger partial charge in [0.25, 0.3) is 13.3 Å². The molecular weight excluding hydrogens is 404 g/mol. The highest BCUT2D eigenvalue weighted by molar-refractivity contribution is 7.71. The summed E-state index contributed by atoms with van der Waals surface area (Å²) in [7, 11) is -3.66. The average molecular weight is 419 g/mol. The monoisotopic (exact) mass is 417 g/mol. The van der Waals surface area contributed by atoms with Gasteiger partial charge in [0.2, 0.25) is 0 Å². The molecule has 0 bridgehead atoms. The molecule has 0 aliphatic heterocycles. The summed E-state index contributed by atoms with van der Waals surface area (Å²) >= 11 is 17.7. The van der Waals surface area contributed by atoms with E-state index in [9.17, 15) is 9.36 Å². The van der Waals surface area contributed by atoms with Crippen LogP contribution in [-0.4, -0.2) is 12.5 Å². The smallest absolute Gasteiger partial charge is 0.279 e. The fraction of sp³-hybridized carbons (Fsp3) is 0.118. The zero-order chi connectivity index (χ0) is 18.4. The Morgan fingerprint density at radius 1 is 1.08 bits per heavy atom. The van der Waals surface area contributed by atoms with Crippen LogP contribution in [0.4, 0.5) is 0 Å². The van der Waals surface area contributed by atoms with Gasteiger partial charge in [-0.25, -0.2) is 0 Å². The molecule has 2 rings (SSSR count). The van der Waals surface area contributed by atoms with Crippen LogP contribution in [0, 0.1) is 0 Å². The third kappa shape index (κ3) is 4.87. The maximum absolute atomic E-state index is 13.5. The van der Waals surface area contributed by atoms with E-state index in [1.807, 2.05) is 0 Å². The van der Waals surface area contributed by atoms with Gasteiger partial charge in [0.1, 0.15) is 9.93 Å². The molecule has 2 aromatic carbocycles. The molecular formula is C17H15Cl3NO3P. The highest BCUT2D eigenvalue weighted by Gasteiger charge is 2.34. The van der Waals surface area contributed by atoms with Gasteiger partial charge in [0.05, 0.1) is 6.61 Å². The molecule has 8 heteroatoms. The molecule has 0 aliphatic rings. The van der Waals surface area contributed by atoms with Crippen LogP contribution < -0.4 is 10.6 Å². The highest BCUT2D eigenvalue weighted by atomic mass is 35.5. The fourth-order valence-electron chi connectivity index (χ4n) is 2.09. The number of carbonyl (C=O) groups is 1. The number of nitrogens with one attached hydrogen (secondary N) is 1. The number of hydrogen-bond donors (Lipinski definition) is 1.